The molecule has 0 saturated heterocycles. The number of sulfone groups is 1. The van der Waals surface area contributed by atoms with E-state index >= 15 is 0 Å². The van der Waals surface area contributed by atoms with E-state index in [1.807, 2.05) is 0 Å². The van der Waals surface area contributed by atoms with Crippen molar-refractivity contribution in [3.63, 3.8) is 0 Å². The number of aryl methyl sites for hydroxylation is 1. The summed E-state index contributed by atoms with van der Waals surface area (Å²) >= 11 is 0. The van der Waals surface area contributed by atoms with E-state index in [9.17, 15) is 13.2 Å². The SMILES string of the molecule is Cc1[nH]nc(N)c1C(=O)NCC(C)(C)S(C)(=O)=O. The smallest absolute Gasteiger partial charge is 0.256 e. The number of H-pyrrole nitrogens is 1. The van der Waals surface area contributed by atoms with E-state index in [-0.39, 0.29) is 17.9 Å². The lowest BCUT2D eigenvalue weighted by atomic mass is 10.2. The molecule has 4 N–H and O–H groups in total. The van der Waals surface area contributed by atoms with Crippen LogP contribution < -0.4 is 11.1 Å². The first-order valence-corrected chi connectivity index (χ1v) is 7.23. The largest absolute Gasteiger partial charge is 0.382 e. The molecule has 1 aromatic heterocycles. The Morgan fingerprint density at radius 2 is 2.06 bits per heavy atom. The summed E-state index contributed by atoms with van der Waals surface area (Å²) in [5.41, 5.74) is 6.34. The minimum absolute atomic E-state index is 0.00866. The summed E-state index contributed by atoms with van der Waals surface area (Å²) in [5.74, 6) is -0.336. The molecule has 0 radical (unpaired) electrons. The summed E-state index contributed by atoms with van der Waals surface area (Å²) in [7, 11) is -3.26. The van der Waals surface area contributed by atoms with Crippen LogP contribution in [-0.2, 0) is 9.84 Å². The van der Waals surface area contributed by atoms with Crippen LogP contribution in [0.4, 0.5) is 5.82 Å². The van der Waals surface area contributed by atoms with Gasteiger partial charge in [-0.2, -0.15) is 5.10 Å². The predicted octanol–water partition coefficient (Wildman–Crippen LogP) is -0.147. The van der Waals surface area contributed by atoms with Gasteiger partial charge in [-0.1, -0.05) is 0 Å². The van der Waals surface area contributed by atoms with Crippen molar-refractivity contribution >= 4 is 21.6 Å². The number of anilines is 1. The molecule has 1 amide bonds. The minimum Gasteiger partial charge on any atom is -0.382 e. The molecule has 0 aliphatic carbocycles. The lowest BCUT2D eigenvalue weighted by molar-refractivity contribution is 0.0951. The van der Waals surface area contributed by atoms with Crippen LogP contribution in [0, 0.1) is 6.92 Å². The second-order valence-electron chi connectivity index (χ2n) is 4.82. The predicted molar refractivity (Wildman–Crippen MR) is 69.0 cm³/mol. The quantitative estimate of drug-likeness (QED) is 0.706. The van der Waals surface area contributed by atoms with Gasteiger partial charge in [0.2, 0.25) is 0 Å². The average Bonchev–Trinajstić information content (AvgIpc) is 2.54. The van der Waals surface area contributed by atoms with E-state index in [1.54, 1.807) is 20.8 Å². The van der Waals surface area contributed by atoms with Gasteiger partial charge in [0.05, 0.1) is 4.75 Å². The van der Waals surface area contributed by atoms with E-state index in [0.717, 1.165) is 6.26 Å². The summed E-state index contributed by atoms with van der Waals surface area (Å²) in [4.78, 5) is 11.9. The molecule has 7 nitrogen and oxygen atoms in total. The molecular weight excluding hydrogens is 256 g/mol. The molecule has 1 rings (SSSR count). The maximum Gasteiger partial charge on any atom is 0.256 e. The van der Waals surface area contributed by atoms with Gasteiger partial charge in [-0.05, 0) is 20.8 Å². The number of rotatable bonds is 4. The number of nitrogens with two attached hydrogens (primary N) is 1. The van der Waals surface area contributed by atoms with Crippen LogP contribution in [0.5, 0.6) is 0 Å². The number of hydrogen-bond donors (Lipinski definition) is 3. The van der Waals surface area contributed by atoms with Crippen molar-refractivity contribution < 1.29 is 13.2 Å². The highest BCUT2D eigenvalue weighted by atomic mass is 32.2. The third-order valence-corrected chi connectivity index (χ3v) is 5.03. The van der Waals surface area contributed by atoms with Crippen LogP contribution in [0.25, 0.3) is 0 Å². The summed E-state index contributed by atoms with van der Waals surface area (Å²) in [6.45, 7) is 4.77. The monoisotopic (exact) mass is 274 g/mol. The summed E-state index contributed by atoms with van der Waals surface area (Å²) in [5, 5.41) is 8.85. The molecule has 0 fully saturated rings. The molecule has 102 valence electrons. The zero-order chi connectivity index (χ0) is 14.1. The topological polar surface area (TPSA) is 118 Å². The van der Waals surface area contributed by atoms with E-state index < -0.39 is 20.5 Å². The van der Waals surface area contributed by atoms with E-state index in [1.165, 1.54) is 0 Å². The number of amides is 1. The second kappa shape index (κ2) is 4.60. The van der Waals surface area contributed by atoms with Crippen molar-refractivity contribution in [2.75, 3.05) is 18.5 Å². The van der Waals surface area contributed by atoms with Gasteiger partial charge in [0, 0.05) is 18.5 Å². The lowest BCUT2D eigenvalue weighted by Gasteiger charge is -2.22. The van der Waals surface area contributed by atoms with Crippen LogP contribution in [0.15, 0.2) is 0 Å². The van der Waals surface area contributed by atoms with Crippen molar-refractivity contribution in [3.05, 3.63) is 11.3 Å². The first-order valence-electron chi connectivity index (χ1n) is 5.34. The number of carbonyl (C=O) groups excluding carboxylic acids is 1. The number of nitrogens with one attached hydrogen (secondary N) is 2. The molecule has 0 saturated carbocycles. The minimum atomic E-state index is -3.26. The molecule has 0 bridgehead atoms. The highest BCUT2D eigenvalue weighted by Crippen LogP contribution is 2.15. The van der Waals surface area contributed by atoms with E-state index in [4.69, 9.17) is 5.73 Å². The highest BCUT2D eigenvalue weighted by molar-refractivity contribution is 7.92. The molecule has 0 unspecified atom stereocenters. The van der Waals surface area contributed by atoms with Gasteiger partial charge in [0.1, 0.15) is 5.56 Å². The van der Waals surface area contributed by atoms with Crippen LogP contribution in [0.1, 0.15) is 29.9 Å². The first-order chi connectivity index (χ1) is 8.06. The van der Waals surface area contributed by atoms with E-state index in [0.29, 0.717) is 5.69 Å². The van der Waals surface area contributed by atoms with Crippen molar-refractivity contribution in [3.8, 4) is 0 Å². The summed E-state index contributed by atoms with van der Waals surface area (Å²) in [6, 6.07) is 0. The number of aromatic nitrogens is 2. The Balaban J connectivity index is 2.80. The third-order valence-electron chi connectivity index (χ3n) is 2.88. The molecule has 0 aliphatic heterocycles. The maximum atomic E-state index is 11.9. The Kier molecular flexibility index (Phi) is 3.70. The van der Waals surface area contributed by atoms with Crippen molar-refractivity contribution in [1.29, 1.82) is 0 Å². The molecule has 18 heavy (non-hydrogen) atoms. The van der Waals surface area contributed by atoms with Gasteiger partial charge in [-0.25, -0.2) is 8.42 Å². The normalized spacial score (nSPS) is 12.4. The van der Waals surface area contributed by atoms with Crippen LogP contribution >= 0.6 is 0 Å². The number of nitrogen functional groups attached to an aromatic ring is 1. The van der Waals surface area contributed by atoms with Gasteiger partial charge in [0.15, 0.2) is 15.7 Å². The Morgan fingerprint density at radius 3 is 2.44 bits per heavy atom. The van der Waals surface area contributed by atoms with Crippen molar-refractivity contribution in [2.24, 2.45) is 0 Å². The standard InChI is InChI=1S/C10H18N4O3S/c1-6-7(8(11)14-13-6)9(15)12-5-10(2,3)18(4,16)17/h5H2,1-4H3,(H,12,15)(H3,11,13,14). The Hall–Kier alpha value is -1.57. The number of hydrogen-bond acceptors (Lipinski definition) is 5. The molecule has 0 spiro atoms. The zero-order valence-electron chi connectivity index (χ0n) is 10.9. The molecule has 1 heterocycles. The van der Waals surface area contributed by atoms with Crippen LogP contribution in [0.3, 0.4) is 0 Å². The Bertz CT molecular complexity index is 540. The number of nitrogens with zero attached hydrogens (tertiary/aromatic N) is 1. The Morgan fingerprint density at radius 1 is 1.50 bits per heavy atom. The second-order valence-corrected chi connectivity index (χ2v) is 7.47. The van der Waals surface area contributed by atoms with Gasteiger partial charge in [0.25, 0.3) is 5.91 Å². The number of carbonyl (C=O) groups is 1. The summed E-state index contributed by atoms with van der Waals surface area (Å²) < 4.78 is 22.0. The average molecular weight is 274 g/mol. The van der Waals surface area contributed by atoms with Crippen LogP contribution in [-0.4, -0.2) is 42.1 Å². The molecule has 0 aromatic carbocycles. The van der Waals surface area contributed by atoms with E-state index in [2.05, 4.69) is 15.5 Å². The van der Waals surface area contributed by atoms with Crippen LogP contribution in [0.2, 0.25) is 0 Å². The molecule has 8 heteroatoms. The number of aromatic amines is 1. The molecule has 0 aliphatic rings. The van der Waals surface area contributed by atoms with Gasteiger partial charge < -0.3 is 11.1 Å². The molecular formula is C10H18N4O3S. The van der Waals surface area contributed by atoms with Gasteiger partial charge >= 0.3 is 0 Å². The van der Waals surface area contributed by atoms with Crippen molar-refractivity contribution in [2.45, 2.75) is 25.5 Å². The first kappa shape index (κ1) is 14.5. The molecule has 1 aromatic rings. The highest BCUT2D eigenvalue weighted by Gasteiger charge is 2.31. The van der Waals surface area contributed by atoms with Gasteiger partial charge in [-0.3, -0.25) is 9.89 Å². The fourth-order valence-electron chi connectivity index (χ4n) is 1.25. The zero-order valence-corrected chi connectivity index (χ0v) is 11.7. The lowest BCUT2D eigenvalue weighted by Crippen LogP contribution is -2.43. The fraction of sp³-hybridized carbons (Fsp3) is 0.600. The van der Waals surface area contributed by atoms with Gasteiger partial charge in [-0.15, -0.1) is 0 Å². The Labute approximate surface area is 106 Å². The summed E-state index contributed by atoms with van der Waals surface area (Å²) in [6.07, 6.45) is 1.14. The third kappa shape index (κ3) is 2.81. The maximum absolute atomic E-state index is 11.9. The molecule has 0 atom stereocenters. The van der Waals surface area contributed by atoms with Crippen molar-refractivity contribution in [1.82, 2.24) is 15.5 Å². The fourth-order valence-corrected chi connectivity index (χ4v) is 1.58.